The lowest BCUT2D eigenvalue weighted by atomic mass is 10.2. The van der Waals surface area contributed by atoms with Crippen LogP contribution < -0.4 is 4.90 Å². The molecule has 0 atom stereocenters. The molecule has 1 heterocycles. The van der Waals surface area contributed by atoms with Gasteiger partial charge >= 0.3 is 0 Å². The van der Waals surface area contributed by atoms with Crippen LogP contribution >= 0.6 is 0 Å². The fourth-order valence-corrected chi connectivity index (χ4v) is 2.28. The molecule has 3 rings (SSSR count). The first-order chi connectivity index (χ1) is 11.1. The van der Waals surface area contributed by atoms with Gasteiger partial charge in [0.1, 0.15) is 12.1 Å². The van der Waals surface area contributed by atoms with Crippen molar-refractivity contribution in [1.29, 1.82) is 0 Å². The number of nitrogens with zero attached hydrogens (tertiary/aromatic N) is 6. The Morgan fingerprint density at radius 2 is 1.70 bits per heavy atom. The molecule has 0 aliphatic rings. The normalized spacial score (nSPS) is 11.1. The Labute approximate surface area is 135 Å². The van der Waals surface area contributed by atoms with Gasteiger partial charge in [0.25, 0.3) is 0 Å². The number of hydrogen-bond acceptors (Lipinski definition) is 5. The third-order valence-electron chi connectivity index (χ3n) is 3.40. The van der Waals surface area contributed by atoms with Crippen LogP contribution in [0.25, 0.3) is 10.9 Å². The maximum atomic E-state index is 4.45. The molecule has 2 aromatic carbocycles. The molecule has 0 bridgehead atoms. The maximum absolute atomic E-state index is 4.45. The Balaban J connectivity index is 2.08. The fourth-order valence-electron chi connectivity index (χ4n) is 2.28. The van der Waals surface area contributed by atoms with Crippen LogP contribution in [-0.2, 0) is 0 Å². The molecule has 0 N–H and O–H groups in total. The second-order valence-corrected chi connectivity index (χ2v) is 5.33. The molecule has 3 aromatic rings. The molecule has 0 radical (unpaired) electrons. The van der Waals surface area contributed by atoms with Crippen LogP contribution in [-0.4, -0.2) is 36.1 Å². The minimum atomic E-state index is 0.767. The summed E-state index contributed by atoms with van der Waals surface area (Å²) < 4.78 is 0. The van der Waals surface area contributed by atoms with E-state index in [4.69, 9.17) is 0 Å². The molecule has 0 aliphatic carbocycles. The van der Waals surface area contributed by atoms with Crippen molar-refractivity contribution in [2.75, 3.05) is 26.0 Å². The second kappa shape index (κ2) is 6.39. The first-order valence-electron chi connectivity index (χ1n) is 7.27. The summed E-state index contributed by atoms with van der Waals surface area (Å²) in [5, 5.41) is 10.8. The van der Waals surface area contributed by atoms with E-state index in [1.165, 1.54) is 0 Å². The molecule has 6 heteroatoms. The van der Waals surface area contributed by atoms with E-state index < -0.39 is 0 Å². The standard InChI is InChI=1S/C17H18N6/c1-22(2)21-20-13-9-10-16-15(11-13)17(19-12-18-16)23(3)14-7-5-4-6-8-14/h4-12H,1-3H3. The van der Waals surface area contributed by atoms with E-state index in [-0.39, 0.29) is 0 Å². The Morgan fingerprint density at radius 3 is 2.43 bits per heavy atom. The van der Waals surface area contributed by atoms with Crippen molar-refractivity contribution in [3.05, 3.63) is 54.9 Å². The number of aromatic nitrogens is 2. The Kier molecular flexibility index (Phi) is 4.14. The number of para-hydroxylation sites is 1. The number of rotatable bonds is 4. The van der Waals surface area contributed by atoms with Crippen molar-refractivity contribution >= 4 is 28.1 Å². The van der Waals surface area contributed by atoms with Crippen molar-refractivity contribution in [2.45, 2.75) is 0 Å². The van der Waals surface area contributed by atoms with Crippen molar-refractivity contribution < 1.29 is 0 Å². The summed E-state index contributed by atoms with van der Waals surface area (Å²) in [6.07, 6.45) is 1.58. The van der Waals surface area contributed by atoms with Crippen molar-refractivity contribution in [3.63, 3.8) is 0 Å². The summed E-state index contributed by atoms with van der Waals surface area (Å²) in [7, 11) is 5.66. The third kappa shape index (κ3) is 3.26. The molecule has 23 heavy (non-hydrogen) atoms. The van der Waals surface area contributed by atoms with Crippen LogP contribution in [0.1, 0.15) is 0 Å². The number of fused-ring (bicyclic) bond motifs is 1. The van der Waals surface area contributed by atoms with Gasteiger partial charge < -0.3 is 4.90 Å². The van der Waals surface area contributed by atoms with E-state index in [1.54, 1.807) is 11.3 Å². The third-order valence-corrected chi connectivity index (χ3v) is 3.40. The average molecular weight is 306 g/mol. The number of anilines is 2. The van der Waals surface area contributed by atoms with Gasteiger partial charge in [-0.3, -0.25) is 5.01 Å². The van der Waals surface area contributed by atoms with Crippen LogP contribution in [0, 0.1) is 0 Å². The minimum Gasteiger partial charge on any atom is -0.329 e. The van der Waals surface area contributed by atoms with Crippen LogP contribution in [0.2, 0.25) is 0 Å². The quantitative estimate of drug-likeness (QED) is 0.541. The van der Waals surface area contributed by atoms with Gasteiger partial charge in [-0.05, 0) is 30.3 Å². The monoisotopic (exact) mass is 306 g/mol. The molecule has 0 unspecified atom stereocenters. The Hall–Kier alpha value is -3.02. The van der Waals surface area contributed by atoms with Gasteiger partial charge in [0.15, 0.2) is 0 Å². The molecular formula is C17H18N6. The number of hydrogen-bond donors (Lipinski definition) is 0. The van der Waals surface area contributed by atoms with E-state index in [9.17, 15) is 0 Å². The first kappa shape index (κ1) is 14.9. The lowest BCUT2D eigenvalue weighted by Crippen LogP contribution is -2.11. The van der Waals surface area contributed by atoms with Crippen molar-refractivity contribution in [3.8, 4) is 0 Å². The molecule has 0 saturated carbocycles. The van der Waals surface area contributed by atoms with Gasteiger partial charge in [-0.2, -0.15) is 0 Å². The van der Waals surface area contributed by atoms with Crippen LogP contribution in [0.5, 0.6) is 0 Å². The highest BCUT2D eigenvalue weighted by atomic mass is 15.5. The smallest absolute Gasteiger partial charge is 0.144 e. The van der Waals surface area contributed by atoms with Crippen LogP contribution in [0.15, 0.2) is 65.2 Å². The summed E-state index contributed by atoms with van der Waals surface area (Å²) in [6, 6.07) is 15.9. The topological polar surface area (TPSA) is 57.0 Å². The molecule has 0 aliphatic heterocycles. The van der Waals surface area contributed by atoms with Gasteiger partial charge in [0.05, 0.1) is 11.2 Å². The van der Waals surface area contributed by atoms with Gasteiger partial charge in [-0.1, -0.05) is 23.4 Å². The zero-order chi connectivity index (χ0) is 16.2. The van der Waals surface area contributed by atoms with E-state index in [0.29, 0.717) is 0 Å². The first-order valence-corrected chi connectivity index (χ1v) is 7.27. The lowest BCUT2D eigenvalue weighted by Gasteiger charge is -2.19. The fraction of sp³-hybridized carbons (Fsp3) is 0.176. The van der Waals surface area contributed by atoms with Gasteiger partial charge in [0, 0.05) is 32.2 Å². The van der Waals surface area contributed by atoms with E-state index in [1.807, 2.05) is 74.6 Å². The highest BCUT2D eigenvalue weighted by Crippen LogP contribution is 2.30. The average Bonchev–Trinajstić information content (AvgIpc) is 2.59. The van der Waals surface area contributed by atoms with E-state index in [2.05, 4.69) is 20.3 Å². The van der Waals surface area contributed by atoms with Gasteiger partial charge in [-0.25, -0.2) is 9.97 Å². The van der Waals surface area contributed by atoms with Gasteiger partial charge in [0.2, 0.25) is 0 Å². The maximum Gasteiger partial charge on any atom is 0.144 e. The van der Waals surface area contributed by atoms with Crippen molar-refractivity contribution in [1.82, 2.24) is 15.0 Å². The second-order valence-electron chi connectivity index (χ2n) is 5.33. The lowest BCUT2D eigenvalue weighted by molar-refractivity contribution is 0.408. The van der Waals surface area contributed by atoms with Gasteiger partial charge in [-0.15, -0.1) is 5.11 Å². The van der Waals surface area contributed by atoms with E-state index in [0.717, 1.165) is 28.1 Å². The molecule has 1 aromatic heterocycles. The molecular weight excluding hydrogens is 288 g/mol. The molecule has 0 saturated heterocycles. The summed E-state index contributed by atoms with van der Waals surface area (Å²) in [5.41, 5.74) is 2.71. The Bertz CT molecular complexity index is 829. The summed E-state index contributed by atoms with van der Waals surface area (Å²) in [5.74, 6) is 0.836. The zero-order valence-electron chi connectivity index (χ0n) is 13.4. The zero-order valence-corrected chi connectivity index (χ0v) is 13.4. The van der Waals surface area contributed by atoms with Crippen molar-refractivity contribution in [2.24, 2.45) is 10.3 Å². The molecule has 0 spiro atoms. The SMILES string of the molecule is CN(C)N=Nc1ccc2ncnc(N(C)c3ccccc3)c2c1. The molecule has 116 valence electrons. The highest BCUT2D eigenvalue weighted by Gasteiger charge is 2.10. The minimum absolute atomic E-state index is 0.767. The molecule has 6 nitrogen and oxygen atoms in total. The van der Waals surface area contributed by atoms with Crippen LogP contribution in [0.3, 0.4) is 0 Å². The summed E-state index contributed by atoms with van der Waals surface area (Å²) >= 11 is 0. The number of benzene rings is 2. The Morgan fingerprint density at radius 1 is 0.913 bits per heavy atom. The van der Waals surface area contributed by atoms with E-state index >= 15 is 0 Å². The van der Waals surface area contributed by atoms with Crippen LogP contribution in [0.4, 0.5) is 17.2 Å². The summed E-state index contributed by atoms with van der Waals surface area (Å²) in [4.78, 5) is 10.8. The highest BCUT2D eigenvalue weighted by molar-refractivity contribution is 5.93. The predicted molar refractivity (Wildman–Crippen MR) is 92.2 cm³/mol. The largest absolute Gasteiger partial charge is 0.329 e. The molecule has 0 amide bonds. The summed E-state index contributed by atoms with van der Waals surface area (Å²) in [6.45, 7) is 0. The molecule has 0 fully saturated rings. The predicted octanol–water partition coefficient (Wildman–Crippen LogP) is 3.96.